The second kappa shape index (κ2) is 7.95. The summed E-state index contributed by atoms with van der Waals surface area (Å²) >= 11 is 0. The van der Waals surface area contributed by atoms with E-state index in [1.165, 1.54) is 0 Å². The number of piperidine rings is 1. The first-order valence-electron chi connectivity index (χ1n) is 18.2. The molecule has 1 saturated heterocycles. The van der Waals surface area contributed by atoms with Gasteiger partial charge in [-0.2, -0.15) is 0 Å². The van der Waals surface area contributed by atoms with E-state index in [1.807, 2.05) is 0 Å². The highest BCUT2D eigenvalue weighted by molar-refractivity contribution is 5.79. The zero-order valence-electron chi connectivity index (χ0n) is 34.4. The van der Waals surface area contributed by atoms with Crippen LogP contribution in [0.15, 0.2) is 27.5 Å². The maximum absolute atomic E-state index is 13.9. The number of hydrogen-bond acceptors (Lipinski definition) is 5. The van der Waals surface area contributed by atoms with Crippen LogP contribution in [-0.2, 0) is 19.3 Å². The number of aromatic nitrogens is 3. The van der Waals surface area contributed by atoms with Gasteiger partial charge in [-0.25, -0.2) is 9.37 Å². The average molecular weight is 430 g/mol. The average Bonchev–Trinajstić information content (AvgIpc) is 3.32. The molecule has 7 heteroatoms. The molecule has 2 aromatic heterocycles. The predicted octanol–water partition coefficient (Wildman–Crippen LogP) is 3.59. The zero-order valence-corrected chi connectivity index (χ0v) is 15.4. The molecule has 2 aliphatic rings. The molecule has 0 saturated carbocycles. The van der Waals surface area contributed by atoms with Gasteiger partial charge in [0.1, 0.15) is 11.6 Å². The van der Waals surface area contributed by atoms with Crippen LogP contribution in [-0.4, -0.2) is 39.1 Å². The first-order chi connectivity index (χ1) is 21.7. The summed E-state index contributed by atoms with van der Waals surface area (Å²) in [7, 11) is 0. The Morgan fingerprint density at radius 3 is 3.00 bits per heavy atom. The predicted molar refractivity (Wildman–Crippen MR) is 112 cm³/mol. The molecule has 1 aromatic carbocycles. The van der Waals surface area contributed by atoms with E-state index in [2.05, 4.69) is 10.1 Å². The zero-order chi connectivity index (χ0) is 37.7. The highest BCUT2D eigenvalue weighted by Crippen LogP contribution is 2.32. The minimum absolute atomic E-state index is 0.0179. The monoisotopic (exact) mass is 429 g/mol. The molecule has 0 bridgehead atoms. The molecule has 0 spiro atoms. The standard InChI is InChI=1S/C23H27FN4O2/c1-15-18(23(29)28-10-3-2-4-21(28)25-15)9-13-27-11-7-16(8-12-27)22-19-6-5-17(24)14-20(19)30-26-22/h5-6,14,16H,2-4,7-13H2,1H3/i2D2,3D2,7D2,8D2,9D2,10D2,11D2,12D2,13D2,16D. The highest BCUT2D eigenvalue weighted by atomic mass is 19.1. The lowest BCUT2D eigenvalue weighted by atomic mass is 9.91. The van der Waals surface area contributed by atoms with Gasteiger partial charge in [0, 0.05) is 74.1 Å². The number of fused-ring (bicyclic) bond motifs is 2. The Morgan fingerprint density at radius 1 is 1.33 bits per heavy atom. The summed E-state index contributed by atoms with van der Waals surface area (Å²) in [4.78, 5) is 17.0. The van der Waals surface area contributed by atoms with E-state index in [0.717, 1.165) is 25.1 Å². The fraction of sp³-hybridized carbons (Fsp3) is 0.522. The van der Waals surface area contributed by atoms with Crippen LogP contribution in [0.25, 0.3) is 11.0 Å². The SMILES string of the molecule is [2H]C1([2H])Cc2nc(C)c(C([2H])([2H])C([2H])([2H])N3C([2H])([2H])C([2H])([2H])C([2H])(c4noc5cc(F)ccc45)C([2H])([2H])C3([2H])[2H])c(=O)n2C([2H])([2H])C1([2H])[2H]. The van der Waals surface area contributed by atoms with E-state index in [0.29, 0.717) is 0 Å². The summed E-state index contributed by atoms with van der Waals surface area (Å²) in [6, 6.07) is 2.44. The van der Waals surface area contributed by atoms with Crippen molar-refractivity contribution in [1.29, 1.82) is 0 Å². The molecule has 0 unspecified atom stereocenters. The van der Waals surface area contributed by atoms with Crippen LogP contribution in [0.3, 0.4) is 0 Å². The van der Waals surface area contributed by atoms with Gasteiger partial charge < -0.3 is 9.42 Å². The maximum Gasteiger partial charge on any atom is 0.256 e. The van der Waals surface area contributed by atoms with Crippen LogP contribution in [0, 0.1) is 12.7 Å². The Kier molecular flexibility index (Phi) is 2.00. The second-order valence-electron chi connectivity index (χ2n) is 6.31. The second-order valence-corrected chi connectivity index (χ2v) is 6.31. The fourth-order valence-corrected chi connectivity index (χ4v) is 2.94. The molecule has 6 nitrogen and oxygen atoms in total. The van der Waals surface area contributed by atoms with E-state index in [4.69, 9.17) is 30.6 Å². The van der Waals surface area contributed by atoms with E-state index >= 15 is 0 Å². The van der Waals surface area contributed by atoms with Gasteiger partial charge in [0.2, 0.25) is 0 Å². The Bertz CT molecular complexity index is 1910. The Morgan fingerprint density at radius 2 is 2.17 bits per heavy atom. The molecule has 0 aliphatic carbocycles. The van der Waals surface area contributed by atoms with Gasteiger partial charge in [-0.3, -0.25) is 9.36 Å². The molecule has 5 rings (SSSR count). The molecule has 0 atom stereocenters. The molecule has 0 radical (unpaired) electrons. The van der Waals surface area contributed by atoms with Crippen molar-refractivity contribution in [2.75, 3.05) is 19.5 Å². The largest absolute Gasteiger partial charge is 0.356 e. The van der Waals surface area contributed by atoms with E-state index < -0.39 is 120 Å². The lowest BCUT2D eigenvalue weighted by molar-refractivity contribution is 0.211. The number of likely N-dealkylation sites (tertiary alicyclic amines) is 1. The van der Waals surface area contributed by atoms with Crippen molar-refractivity contribution in [2.45, 2.75) is 57.6 Å². The molecular weight excluding hydrogens is 383 g/mol. The van der Waals surface area contributed by atoms with Gasteiger partial charge in [0.15, 0.2) is 5.58 Å². The van der Waals surface area contributed by atoms with Gasteiger partial charge in [-0.05, 0) is 63.9 Å². The summed E-state index contributed by atoms with van der Waals surface area (Å²) in [5, 5.41) is 3.05. The van der Waals surface area contributed by atoms with Crippen molar-refractivity contribution in [1.82, 2.24) is 19.6 Å². The van der Waals surface area contributed by atoms with Gasteiger partial charge in [0.05, 0.1) is 5.69 Å². The molecule has 0 N–H and O–H groups in total. The lowest BCUT2D eigenvalue weighted by Crippen LogP contribution is -2.37. The maximum atomic E-state index is 13.9. The van der Waals surface area contributed by atoms with Crippen molar-refractivity contribution in [3.8, 4) is 0 Å². The minimum Gasteiger partial charge on any atom is -0.356 e. The van der Waals surface area contributed by atoms with Crippen molar-refractivity contribution in [3.05, 3.63) is 57.1 Å². The minimum atomic E-state index is -4.31. The number of nitrogens with zero attached hydrogens (tertiary/aromatic N) is 4. The van der Waals surface area contributed by atoms with Crippen LogP contribution in [0.2, 0.25) is 0 Å². The molecular formula is C23H27FN4O2. The van der Waals surface area contributed by atoms with Gasteiger partial charge in [0.25, 0.3) is 5.56 Å². The van der Waals surface area contributed by atoms with Gasteiger partial charge in [-0.1, -0.05) is 5.16 Å². The number of halogens is 1. The van der Waals surface area contributed by atoms with Crippen LogP contribution in [0.4, 0.5) is 4.39 Å². The quantitative estimate of drug-likeness (QED) is 0.634. The third kappa shape index (κ3) is 3.55. The number of rotatable bonds is 4. The topological polar surface area (TPSA) is 64.2 Å². The molecule has 3 aromatic rings. The molecule has 2 aliphatic heterocycles. The first-order valence-corrected chi connectivity index (χ1v) is 8.74. The molecule has 1 fully saturated rings. The normalized spacial score (nSPS) is 41.2. The molecule has 158 valence electrons. The van der Waals surface area contributed by atoms with E-state index in [-0.39, 0.29) is 4.57 Å². The molecule has 4 heterocycles. The molecule has 30 heavy (non-hydrogen) atoms. The Hall–Kier alpha value is -2.54. The summed E-state index contributed by atoms with van der Waals surface area (Å²) in [5.41, 5.74) is -5.40. The summed E-state index contributed by atoms with van der Waals surface area (Å²) in [6.07, 6.45) is -19.6. The smallest absolute Gasteiger partial charge is 0.256 e. The van der Waals surface area contributed by atoms with Crippen LogP contribution < -0.4 is 5.56 Å². The third-order valence-electron chi connectivity index (χ3n) is 4.39. The number of aryl methyl sites for hydroxylation is 2. The Labute approximate surface area is 201 Å². The van der Waals surface area contributed by atoms with Crippen molar-refractivity contribution >= 4 is 11.0 Å². The molecule has 0 amide bonds. The van der Waals surface area contributed by atoms with Crippen molar-refractivity contribution in [2.24, 2.45) is 0 Å². The Balaban J connectivity index is 1.76. The first kappa shape index (κ1) is 7.55. The van der Waals surface area contributed by atoms with E-state index in [9.17, 15) is 9.18 Å². The fourth-order valence-electron chi connectivity index (χ4n) is 2.94. The number of benzene rings is 1. The highest BCUT2D eigenvalue weighted by Gasteiger charge is 2.25. The van der Waals surface area contributed by atoms with Crippen molar-refractivity contribution < 1.29 is 35.0 Å². The number of hydrogen-bond donors (Lipinski definition) is 0. The third-order valence-corrected chi connectivity index (χ3v) is 4.39. The van der Waals surface area contributed by atoms with Gasteiger partial charge in [-0.15, -0.1) is 0 Å². The lowest BCUT2D eigenvalue weighted by Gasteiger charge is -2.31. The van der Waals surface area contributed by atoms with Crippen LogP contribution in [0.1, 0.15) is 80.2 Å². The van der Waals surface area contributed by atoms with Crippen LogP contribution in [0.5, 0.6) is 0 Å². The summed E-state index contributed by atoms with van der Waals surface area (Å²) in [5.74, 6) is -5.34. The van der Waals surface area contributed by atoms with Crippen molar-refractivity contribution in [3.63, 3.8) is 0 Å². The van der Waals surface area contributed by atoms with Crippen LogP contribution >= 0.6 is 0 Å². The summed E-state index contributed by atoms with van der Waals surface area (Å²) in [6.45, 7) is -15.4. The van der Waals surface area contributed by atoms with Gasteiger partial charge >= 0.3 is 0 Å². The van der Waals surface area contributed by atoms with E-state index in [1.54, 1.807) is 0 Å². The summed E-state index contributed by atoms with van der Waals surface area (Å²) < 4.78 is 182.